The molecular formula is C55H100O6. The molecule has 0 saturated heterocycles. The highest BCUT2D eigenvalue weighted by atomic mass is 16.6. The molecule has 0 heterocycles. The lowest BCUT2D eigenvalue weighted by Crippen LogP contribution is -2.30. The molecule has 0 N–H and O–H groups in total. The van der Waals surface area contributed by atoms with Crippen LogP contribution in [0.1, 0.15) is 278 Å². The van der Waals surface area contributed by atoms with Crippen LogP contribution in [0.5, 0.6) is 0 Å². The van der Waals surface area contributed by atoms with E-state index in [1.807, 2.05) is 0 Å². The summed E-state index contributed by atoms with van der Waals surface area (Å²) in [7, 11) is 0. The van der Waals surface area contributed by atoms with Gasteiger partial charge in [0, 0.05) is 19.3 Å². The monoisotopic (exact) mass is 857 g/mol. The SMILES string of the molecule is CCCCC/C=C\C/C=C\CCCCCCCCCC(=O)OCC(COC(=O)CCCCCCC/C=C\CCCCC)OC(=O)CCCCCCCCCCCCCCCC. The molecule has 0 aromatic rings. The standard InChI is InChI=1S/C55H100O6/c1-4-7-10-13-16-19-22-25-27-28-29-31-33-36-39-42-45-48-54(57)60-51-52(50-59-53(56)47-44-41-38-35-32-24-21-18-15-12-9-6-3)61-55(58)49-46-43-40-37-34-30-26-23-20-17-14-11-8-5-2/h16,18-19,21,25,27,52H,4-15,17,20,22-24,26,28-51H2,1-3H3/b19-16-,21-18-,27-25-. The third-order valence-electron chi connectivity index (χ3n) is 11.6. The second-order valence-electron chi connectivity index (χ2n) is 17.8. The fraction of sp³-hybridized carbons (Fsp3) is 0.836. The van der Waals surface area contributed by atoms with Crippen molar-refractivity contribution in [3.05, 3.63) is 36.5 Å². The van der Waals surface area contributed by atoms with Crippen molar-refractivity contribution >= 4 is 17.9 Å². The molecule has 0 spiro atoms. The Morgan fingerprint density at radius 3 is 0.951 bits per heavy atom. The molecule has 1 atom stereocenters. The first-order valence-corrected chi connectivity index (χ1v) is 26.5. The molecular weight excluding hydrogens is 757 g/mol. The molecule has 0 amide bonds. The van der Waals surface area contributed by atoms with Crippen molar-refractivity contribution in [3.63, 3.8) is 0 Å². The third kappa shape index (κ3) is 48.5. The first-order chi connectivity index (χ1) is 30.0. The lowest BCUT2D eigenvalue weighted by atomic mass is 10.0. The highest BCUT2D eigenvalue weighted by Gasteiger charge is 2.19. The molecule has 0 fully saturated rings. The van der Waals surface area contributed by atoms with Crippen LogP contribution >= 0.6 is 0 Å². The fourth-order valence-corrected chi connectivity index (χ4v) is 7.59. The number of rotatable bonds is 48. The molecule has 0 aliphatic rings. The average molecular weight is 857 g/mol. The maximum Gasteiger partial charge on any atom is 0.306 e. The minimum absolute atomic E-state index is 0.0761. The summed E-state index contributed by atoms with van der Waals surface area (Å²) in [6, 6.07) is 0. The highest BCUT2D eigenvalue weighted by molar-refractivity contribution is 5.71. The van der Waals surface area contributed by atoms with Crippen LogP contribution in [0.25, 0.3) is 0 Å². The van der Waals surface area contributed by atoms with Gasteiger partial charge in [0.1, 0.15) is 13.2 Å². The number of ether oxygens (including phenoxy) is 3. The third-order valence-corrected chi connectivity index (χ3v) is 11.6. The Morgan fingerprint density at radius 1 is 0.328 bits per heavy atom. The van der Waals surface area contributed by atoms with E-state index < -0.39 is 6.10 Å². The van der Waals surface area contributed by atoms with Gasteiger partial charge in [-0.05, 0) is 77.0 Å². The molecule has 0 aromatic carbocycles. The van der Waals surface area contributed by atoms with Gasteiger partial charge in [0.05, 0.1) is 0 Å². The first kappa shape index (κ1) is 58.6. The molecule has 6 heteroatoms. The summed E-state index contributed by atoms with van der Waals surface area (Å²) >= 11 is 0. The lowest BCUT2D eigenvalue weighted by Gasteiger charge is -2.18. The number of hydrogen-bond acceptors (Lipinski definition) is 6. The van der Waals surface area contributed by atoms with Crippen LogP contribution in [0.3, 0.4) is 0 Å². The Morgan fingerprint density at radius 2 is 0.590 bits per heavy atom. The zero-order valence-electron chi connectivity index (χ0n) is 40.7. The van der Waals surface area contributed by atoms with Gasteiger partial charge in [0.25, 0.3) is 0 Å². The number of unbranched alkanes of at least 4 members (excludes halogenated alkanes) is 31. The van der Waals surface area contributed by atoms with E-state index >= 15 is 0 Å². The number of allylic oxidation sites excluding steroid dienone is 6. The molecule has 61 heavy (non-hydrogen) atoms. The summed E-state index contributed by atoms with van der Waals surface area (Å²) in [4.78, 5) is 38.0. The minimum Gasteiger partial charge on any atom is -0.462 e. The fourth-order valence-electron chi connectivity index (χ4n) is 7.59. The maximum absolute atomic E-state index is 12.8. The molecule has 1 unspecified atom stereocenters. The van der Waals surface area contributed by atoms with Gasteiger partial charge < -0.3 is 14.2 Å². The van der Waals surface area contributed by atoms with Crippen molar-refractivity contribution < 1.29 is 28.6 Å². The Hall–Kier alpha value is -2.37. The minimum atomic E-state index is -0.774. The van der Waals surface area contributed by atoms with E-state index in [2.05, 4.69) is 57.2 Å². The van der Waals surface area contributed by atoms with E-state index in [-0.39, 0.29) is 31.1 Å². The van der Waals surface area contributed by atoms with Gasteiger partial charge in [-0.25, -0.2) is 0 Å². The van der Waals surface area contributed by atoms with E-state index in [1.54, 1.807) is 0 Å². The van der Waals surface area contributed by atoms with Crippen LogP contribution in [0.15, 0.2) is 36.5 Å². The molecule has 0 aromatic heterocycles. The molecule has 0 aliphatic heterocycles. The van der Waals surface area contributed by atoms with Gasteiger partial charge in [-0.1, -0.05) is 218 Å². The Bertz CT molecular complexity index is 1030. The summed E-state index contributed by atoms with van der Waals surface area (Å²) in [5, 5.41) is 0. The summed E-state index contributed by atoms with van der Waals surface area (Å²) in [5.41, 5.74) is 0. The van der Waals surface area contributed by atoms with Crippen molar-refractivity contribution in [1.82, 2.24) is 0 Å². The van der Waals surface area contributed by atoms with Crippen LogP contribution in [-0.2, 0) is 28.6 Å². The van der Waals surface area contributed by atoms with Crippen molar-refractivity contribution in [3.8, 4) is 0 Å². The van der Waals surface area contributed by atoms with E-state index in [9.17, 15) is 14.4 Å². The van der Waals surface area contributed by atoms with Crippen molar-refractivity contribution in [2.45, 2.75) is 284 Å². The second kappa shape index (κ2) is 50.3. The Balaban J connectivity index is 4.35. The molecule has 0 bridgehead atoms. The van der Waals surface area contributed by atoms with Crippen LogP contribution < -0.4 is 0 Å². The van der Waals surface area contributed by atoms with Crippen LogP contribution in [0.4, 0.5) is 0 Å². The van der Waals surface area contributed by atoms with Crippen molar-refractivity contribution in [2.75, 3.05) is 13.2 Å². The smallest absolute Gasteiger partial charge is 0.306 e. The van der Waals surface area contributed by atoms with E-state index in [0.29, 0.717) is 19.3 Å². The van der Waals surface area contributed by atoms with Crippen molar-refractivity contribution in [2.24, 2.45) is 0 Å². The van der Waals surface area contributed by atoms with Crippen molar-refractivity contribution in [1.29, 1.82) is 0 Å². The molecule has 0 saturated carbocycles. The van der Waals surface area contributed by atoms with E-state index in [1.165, 1.54) is 161 Å². The Kier molecular flexibility index (Phi) is 48.3. The number of esters is 3. The van der Waals surface area contributed by atoms with E-state index in [0.717, 1.165) is 77.0 Å². The number of carbonyl (C=O) groups excluding carboxylic acids is 3. The van der Waals surface area contributed by atoms with Gasteiger partial charge in [0.15, 0.2) is 6.10 Å². The van der Waals surface area contributed by atoms with Crippen LogP contribution in [0.2, 0.25) is 0 Å². The van der Waals surface area contributed by atoms with E-state index in [4.69, 9.17) is 14.2 Å². The summed E-state index contributed by atoms with van der Waals surface area (Å²) in [5.74, 6) is -0.881. The van der Waals surface area contributed by atoms with Gasteiger partial charge in [0.2, 0.25) is 0 Å². The zero-order valence-corrected chi connectivity index (χ0v) is 40.7. The highest BCUT2D eigenvalue weighted by Crippen LogP contribution is 2.15. The largest absolute Gasteiger partial charge is 0.462 e. The predicted octanol–water partition coefficient (Wildman–Crippen LogP) is 17.3. The summed E-state index contributed by atoms with van der Waals surface area (Å²) in [6.45, 7) is 6.60. The maximum atomic E-state index is 12.8. The average Bonchev–Trinajstić information content (AvgIpc) is 3.26. The summed E-state index contributed by atoms with van der Waals surface area (Å²) in [6.07, 6.45) is 58.3. The van der Waals surface area contributed by atoms with Gasteiger partial charge in [-0.3, -0.25) is 14.4 Å². The second-order valence-corrected chi connectivity index (χ2v) is 17.8. The Labute approximate surface area is 378 Å². The summed E-state index contributed by atoms with van der Waals surface area (Å²) < 4.78 is 16.8. The topological polar surface area (TPSA) is 78.9 Å². The zero-order chi connectivity index (χ0) is 44.4. The molecule has 0 aliphatic carbocycles. The van der Waals surface area contributed by atoms with Gasteiger partial charge in [-0.2, -0.15) is 0 Å². The van der Waals surface area contributed by atoms with Crippen LogP contribution in [0, 0.1) is 0 Å². The van der Waals surface area contributed by atoms with Crippen LogP contribution in [-0.4, -0.2) is 37.2 Å². The molecule has 6 nitrogen and oxygen atoms in total. The van der Waals surface area contributed by atoms with Gasteiger partial charge in [-0.15, -0.1) is 0 Å². The quantitative estimate of drug-likeness (QED) is 0.0262. The number of hydrogen-bond donors (Lipinski definition) is 0. The first-order valence-electron chi connectivity index (χ1n) is 26.5. The number of carbonyl (C=O) groups is 3. The molecule has 0 radical (unpaired) electrons. The van der Waals surface area contributed by atoms with Gasteiger partial charge >= 0.3 is 17.9 Å². The molecule has 356 valence electrons. The normalized spacial score (nSPS) is 12.2. The predicted molar refractivity (Wildman–Crippen MR) is 261 cm³/mol. The molecule has 0 rings (SSSR count). The lowest BCUT2D eigenvalue weighted by molar-refractivity contribution is -0.167.